The fourth-order valence-corrected chi connectivity index (χ4v) is 1.19. The molecular formula is C10H12N2O3. The van der Waals surface area contributed by atoms with Gasteiger partial charge in [-0.3, -0.25) is 10.2 Å². The molecule has 0 saturated heterocycles. The van der Waals surface area contributed by atoms with E-state index in [4.69, 9.17) is 21.0 Å². The Bertz CT molecular complexity index is 402. The number of nitrogen functional groups attached to an aromatic ring is 1. The van der Waals surface area contributed by atoms with E-state index in [1.165, 1.54) is 6.92 Å². The number of hydrogen-bond acceptors (Lipinski definition) is 4. The second kappa shape index (κ2) is 4.56. The van der Waals surface area contributed by atoms with E-state index in [9.17, 15) is 4.79 Å². The van der Waals surface area contributed by atoms with Crippen LogP contribution in [0.2, 0.25) is 0 Å². The molecule has 80 valence electrons. The number of rotatable bonds is 3. The molecule has 0 spiro atoms. The molecule has 4 N–H and O–H groups in total. The number of para-hydroxylation sites is 1. The van der Waals surface area contributed by atoms with Crippen LogP contribution < -0.4 is 10.5 Å². The minimum Gasteiger partial charge on any atom is -0.426 e. The monoisotopic (exact) mass is 208 g/mol. The minimum atomic E-state index is -0.515. The Morgan fingerprint density at radius 2 is 2.27 bits per heavy atom. The third-order valence-electron chi connectivity index (χ3n) is 1.80. The normalized spacial score (nSPS) is 9.73. The van der Waals surface area contributed by atoms with Gasteiger partial charge in [0.1, 0.15) is 11.6 Å². The number of hydrogen-bond donors (Lipinski definition) is 3. The number of benzene rings is 1. The van der Waals surface area contributed by atoms with Crippen molar-refractivity contribution in [3.8, 4) is 5.75 Å². The lowest BCUT2D eigenvalue weighted by Gasteiger charge is -2.11. The van der Waals surface area contributed by atoms with Crippen molar-refractivity contribution in [3.05, 3.63) is 29.3 Å². The molecule has 0 aliphatic rings. The molecule has 0 radical (unpaired) electrons. The van der Waals surface area contributed by atoms with Gasteiger partial charge < -0.3 is 15.6 Å². The smallest absolute Gasteiger partial charge is 0.308 e. The molecule has 0 saturated carbocycles. The van der Waals surface area contributed by atoms with Crippen LogP contribution in [0.5, 0.6) is 5.75 Å². The molecule has 0 atom stereocenters. The maximum absolute atomic E-state index is 10.8. The number of ether oxygens (including phenoxy) is 1. The number of aliphatic hydroxyl groups excluding tert-OH is 1. The van der Waals surface area contributed by atoms with Crippen LogP contribution in [0.25, 0.3) is 0 Å². The Balaban J connectivity index is 3.26. The van der Waals surface area contributed by atoms with Crippen molar-refractivity contribution < 1.29 is 14.6 Å². The highest BCUT2D eigenvalue weighted by molar-refractivity contribution is 5.98. The highest BCUT2D eigenvalue weighted by Gasteiger charge is 2.13. The molecule has 1 aromatic rings. The van der Waals surface area contributed by atoms with Crippen molar-refractivity contribution in [2.24, 2.45) is 5.73 Å². The third kappa shape index (κ3) is 2.54. The number of esters is 1. The predicted octanol–water partition coefficient (Wildman–Crippen LogP) is 0.388. The first-order valence-electron chi connectivity index (χ1n) is 4.31. The van der Waals surface area contributed by atoms with Crippen LogP contribution in [0.15, 0.2) is 18.2 Å². The zero-order valence-electron chi connectivity index (χ0n) is 8.28. The van der Waals surface area contributed by atoms with E-state index in [2.05, 4.69) is 0 Å². The summed E-state index contributed by atoms with van der Waals surface area (Å²) in [5, 5.41) is 16.3. The lowest BCUT2D eigenvalue weighted by molar-refractivity contribution is -0.131. The first kappa shape index (κ1) is 11.2. The van der Waals surface area contributed by atoms with Crippen LogP contribution in [0.4, 0.5) is 0 Å². The van der Waals surface area contributed by atoms with Crippen LogP contribution in [0, 0.1) is 5.41 Å². The van der Waals surface area contributed by atoms with Gasteiger partial charge in [-0.2, -0.15) is 0 Å². The summed E-state index contributed by atoms with van der Waals surface area (Å²) >= 11 is 0. The third-order valence-corrected chi connectivity index (χ3v) is 1.80. The molecule has 1 rings (SSSR count). The van der Waals surface area contributed by atoms with Gasteiger partial charge in [-0.15, -0.1) is 0 Å². The van der Waals surface area contributed by atoms with E-state index in [0.29, 0.717) is 11.1 Å². The SMILES string of the molecule is CC(=O)Oc1c(CO)cccc1C(=N)N. The fraction of sp³-hybridized carbons (Fsp3) is 0.200. The molecule has 0 heterocycles. The van der Waals surface area contributed by atoms with Gasteiger partial charge in [0.05, 0.1) is 12.2 Å². The number of carbonyl (C=O) groups is 1. The summed E-state index contributed by atoms with van der Waals surface area (Å²) in [5.41, 5.74) is 6.06. The number of nitrogens with one attached hydrogen (secondary N) is 1. The molecule has 0 unspecified atom stereocenters. The molecule has 5 nitrogen and oxygen atoms in total. The van der Waals surface area contributed by atoms with E-state index in [0.717, 1.165) is 0 Å². The molecule has 0 amide bonds. The van der Waals surface area contributed by atoms with Gasteiger partial charge in [0.15, 0.2) is 0 Å². The van der Waals surface area contributed by atoms with Crippen molar-refractivity contribution in [2.45, 2.75) is 13.5 Å². The Morgan fingerprint density at radius 3 is 2.73 bits per heavy atom. The second-order valence-electron chi connectivity index (χ2n) is 2.96. The standard InChI is InChI=1S/C10H12N2O3/c1-6(14)15-9-7(5-13)3-2-4-8(9)10(11)12/h2-4,13H,5H2,1H3,(H3,11,12). The van der Waals surface area contributed by atoms with Gasteiger partial charge in [0.25, 0.3) is 0 Å². The molecule has 15 heavy (non-hydrogen) atoms. The predicted molar refractivity (Wildman–Crippen MR) is 54.7 cm³/mol. The van der Waals surface area contributed by atoms with Gasteiger partial charge in [-0.1, -0.05) is 12.1 Å². The average molecular weight is 208 g/mol. The van der Waals surface area contributed by atoms with E-state index in [1.807, 2.05) is 0 Å². The Kier molecular flexibility index (Phi) is 3.41. The summed E-state index contributed by atoms with van der Waals surface area (Å²) in [5.74, 6) is -0.569. The zero-order chi connectivity index (χ0) is 11.4. The molecule has 5 heteroatoms. The van der Waals surface area contributed by atoms with E-state index >= 15 is 0 Å². The maximum Gasteiger partial charge on any atom is 0.308 e. The number of nitrogens with two attached hydrogens (primary N) is 1. The Labute approximate surface area is 87.0 Å². The van der Waals surface area contributed by atoms with Crippen molar-refractivity contribution in [2.75, 3.05) is 0 Å². The first-order chi connectivity index (χ1) is 7.06. The van der Waals surface area contributed by atoms with Gasteiger partial charge in [0.2, 0.25) is 0 Å². The summed E-state index contributed by atoms with van der Waals surface area (Å²) in [4.78, 5) is 10.8. The lowest BCUT2D eigenvalue weighted by atomic mass is 10.1. The topological polar surface area (TPSA) is 96.4 Å². The molecule has 0 fully saturated rings. The summed E-state index contributed by atoms with van der Waals surface area (Å²) in [6, 6.07) is 4.79. The molecule has 1 aromatic carbocycles. The summed E-state index contributed by atoms with van der Waals surface area (Å²) in [6.45, 7) is 0.974. The zero-order valence-corrected chi connectivity index (χ0v) is 8.28. The number of amidine groups is 1. The van der Waals surface area contributed by atoms with Crippen molar-refractivity contribution in [1.29, 1.82) is 5.41 Å². The lowest BCUT2D eigenvalue weighted by Crippen LogP contribution is -2.15. The van der Waals surface area contributed by atoms with Gasteiger partial charge >= 0.3 is 5.97 Å². The number of carbonyl (C=O) groups excluding carboxylic acids is 1. The molecular weight excluding hydrogens is 196 g/mol. The summed E-state index contributed by atoms with van der Waals surface area (Å²) in [7, 11) is 0. The highest BCUT2D eigenvalue weighted by Crippen LogP contribution is 2.24. The number of aliphatic hydroxyl groups is 1. The van der Waals surface area contributed by atoms with Crippen LogP contribution in [0.3, 0.4) is 0 Å². The van der Waals surface area contributed by atoms with Crippen LogP contribution in [0.1, 0.15) is 18.1 Å². The van der Waals surface area contributed by atoms with E-state index in [-0.39, 0.29) is 18.2 Å². The average Bonchev–Trinajstić information content (AvgIpc) is 2.16. The second-order valence-corrected chi connectivity index (χ2v) is 2.96. The van der Waals surface area contributed by atoms with E-state index < -0.39 is 5.97 Å². The summed E-state index contributed by atoms with van der Waals surface area (Å²) in [6.07, 6.45) is 0. The molecule has 0 aliphatic carbocycles. The summed E-state index contributed by atoms with van der Waals surface area (Å²) < 4.78 is 4.91. The minimum absolute atomic E-state index is 0.153. The van der Waals surface area contributed by atoms with Crippen molar-refractivity contribution in [1.82, 2.24) is 0 Å². The van der Waals surface area contributed by atoms with Gasteiger partial charge in [0, 0.05) is 12.5 Å². The highest BCUT2D eigenvalue weighted by atomic mass is 16.5. The molecule has 0 aromatic heterocycles. The molecule has 0 bridgehead atoms. The van der Waals surface area contributed by atoms with Crippen LogP contribution >= 0.6 is 0 Å². The van der Waals surface area contributed by atoms with Gasteiger partial charge in [-0.25, -0.2) is 0 Å². The first-order valence-corrected chi connectivity index (χ1v) is 4.31. The largest absolute Gasteiger partial charge is 0.426 e. The maximum atomic E-state index is 10.8. The quantitative estimate of drug-likeness (QED) is 0.290. The van der Waals surface area contributed by atoms with Crippen LogP contribution in [-0.2, 0) is 11.4 Å². The van der Waals surface area contributed by atoms with Gasteiger partial charge in [-0.05, 0) is 6.07 Å². The fourth-order valence-electron chi connectivity index (χ4n) is 1.19. The van der Waals surface area contributed by atoms with Crippen molar-refractivity contribution in [3.63, 3.8) is 0 Å². The Hall–Kier alpha value is -1.88. The molecule has 0 aliphatic heterocycles. The Morgan fingerprint density at radius 1 is 1.60 bits per heavy atom. The van der Waals surface area contributed by atoms with Crippen LogP contribution in [-0.4, -0.2) is 16.9 Å². The van der Waals surface area contributed by atoms with E-state index in [1.54, 1.807) is 18.2 Å². The van der Waals surface area contributed by atoms with Crippen molar-refractivity contribution >= 4 is 11.8 Å².